The minimum absolute atomic E-state index is 0.0795. The van der Waals surface area contributed by atoms with Gasteiger partial charge < -0.3 is 9.31 Å². The average molecular weight is 259 g/mol. The summed E-state index contributed by atoms with van der Waals surface area (Å²) in [5, 5.41) is -0.403. The van der Waals surface area contributed by atoms with Crippen molar-refractivity contribution in [2.45, 2.75) is 45.7 Å². The second kappa shape index (κ2) is 4.01. The van der Waals surface area contributed by atoms with Crippen molar-refractivity contribution in [1.29, 1.82) is 0 Å². The molecule has 1 aliphatic heterocycles. The van der Waals surface area contributed by atoms with Crippen LogP contribution in [0.5, 0.6) is 0 Å². The Bertz CT molecular complexity index is 643. The molecule has 0 spiro atoms. The van der Waals surface area contributed by atoms with E-state index in [1.54, 1.807) is 0 Å². The highest BCUT2D eigenvalue weighted by Crippen LogP contribution is 2.36. The van der Waals surface area contributed by atoms with Crippen LogP contribution in [0.2, 0.25) is 5.02 Å². The van der Waals surface area contributed by atoms with Crippen LogP contribution in [0, 0.1) is 6.85 Å². The summed E-state index contributed by atoms with van der Waals surface area (Å²) in [6, 6.07) is -1.24. The number of hydrogen-bond acceptors (Lipinski definition) is 2. The van der Waals surface area contributed by atoms with E-state index in [0.717, 1.165) is 0 Å². The highest BCUT2D eigenvalue weighted by atomic mass is 35.5. The molecule has 2 nitrogen and oxygen atoms in total. The molecule has 92 valence electrons. The van der Waals surface area contributed by atoms with Gasteiger partial charge in [0.25, 0.3) is 0 Å². The molecule has 2 rings (SSSR count). The minimum Gasteiger partial charge on any atom is -0.399 e. The first-order chi connectivity index (χ1) is 10.2. The van der Waals surface area contributed by atoms with E-state index in [2.05, 4.69) is 0 Å². The quantitative estimate of drug-likeness (QED) is 0.721. The summed E-state index contributed by atoms with van der Waals surface area (Å²) in [6.45, 7) is 4.56. The fourth-order valence-corrected chi connectivity index (χ4v) is 1.58. The molecule has 0 N–H and O–H groups in total. The van der Waals surface area contributed by atoms with Gasteiger partial charge in [-0.25, -0.2) is 0 Å². The zero-order chi connectivity index (χ0) is 18.0. The largest absolute Gasteiger partial charge is 0.494 e. The molecule has 0 aliphatic carbocycles. The van der Waals surface area contributed by atoms with Gasteiger partial charge in [0.05, 0.1) is 15.3 Å². The summed E-state index contributed by atoms with van der Waals surface area (Å²) in [6.07, 6.45) is 0. The topological polar surface area (TPSA) is 18.5 Å². The second-order valence-corrected chi connectivity index (χ2v) is 5.44. The Morgan fingerprint density at radius 2 is 1.82 bits per heavy atom. The van der Waals surface area contributed by atoms with Crippen molar-refractivity contribution in [3.63, 3.8) is 0 Å². The highest BCUT2D eigenvalue weighted by molar-refractivity contribution is 6.62. The zero-order valence-corrected chi connectivity index (χ0v) is 11.0. The van der Waals surface area contributed by atoms with Gasteiger partial charge in [0.1, 0.15) is 0 Å². The second-order valence-electron chi connectivity index (χ2n) is 5.07. The first-order valence-electron chi connectivity index (χ1n) is 8.36. The molecule has 0 saturated carbocycles. The Morgan fingerprint density at radius 1 is 1.24 bits per heavy atom. The number of benzene rings is 1. The summed E-state index contributed by atoms with van der Waals surface area (Å²) in [7, 11) is -1.09. The Balaban J connectivity index is 2.68. The van der Waals surface area contributed by atoms with Gasteiger partial charge in [-0.05, 0) is 51.6 Å². The third kappa shape index (κ3) is 2.24. The van der Waals surface area contributed by atoms with Crippen molar-refractivity contribution >= 4 is 24.2 Å². The maximum atomic E-state index is 8.20. The lowest BCUT2D eigenvalue weighted by Crippen LogP contribution is -2.41. The SMILES string of the molecule is [2H]c1c([2H])c(B2OC(C)(C)C(C)(C)O2)c([2H])c(C([2H])([2H])[2H])c1Cl. The fourth-order valence-electron chi connectivity index (χ4n) is 1.48. The van der Waals surface area contributed by atoms with E-state index in [-0.39, 0.29) is 11.5 Å². The summed E-state index contributed by atoms with van der Waals surface area (Å²) in [4.78, 5) is 0. The number of halogens is 1. The molecule has 0 radical (unpaired) electrons. The van der Waals surface area contributed by atoms with Crippen LogP contribution in [0.4, 0.5) is 0 Å². The molecule has 1 fully saturated rings. The molecular formula is C13H18BClO2. The normalized spacial score (nSPS) is 27.7. The third-order valence-electron chi connectivity index (χ3n) is 3.28. The van der Waals surface area contributed by atoms with Gasteiger partial charge in [0.2, 0.25) is 0 Å². The smallest absolute Gasteiger partial charge is 0.399 e. The number of hydrogen-bond donors (Lipinski definition) is 0. The van der Waals surface area contributed by atoms with E-state index in [1.807, 2.05) is 27.7 Å². The lowest BCUT2D eigenvalue weighted by atomic mass is 9.78. The van der Waals surface area contributed by atoms with Crippen LogP contribution in [0.25, 0.3) is 0 Å². The monoisotopic (exact) mass is 258 g/mol. The number of rotatable bonds is 1. The van der Waals surface area contributed by atoms with Crippen LogP contribution in [0.15, 0.2) is 18.1 Å². The highest BCUT2D eigenvalue weighted by Gasteiger charge is 2.51. The maximum absolute atomic E-state index is 8.20. The molecule has 0 aromatic heterocycles. The van der Waals surface area contributed by atoms with Gasteiger partial charge in [0.15, 0.2) is 0 Å². The maximum Gasteiger partial charge on any atom is 0.494 e. The standard InChI is InChI=1S/C13H18BClO2/c1-9-8-10(6-7-11(9)15)14-16-12(2,3)13(4,5)17-14/h6-8H,1-5H3/i1D3,6D,7D,8D. The van der Waals surface area contributed by atoms with Crippen molar-refractivity contribution in [3.05, 3.63) is 28.7 Å². The van der Waals surface area contributed by atoms with Crippen LogP contribution < -0.4 is 5.46 Å². The molecule has 0 amide bonds. The Labute approximate surface area is 117 Å². The molecule has 1 aromatic rings. The van der Waals surface area contributed by atoms with E-state index in [4.69, 9.17) is 29.1 Å². The average Bonchev–Trinajstić information content (AvgIpc) is 2.53. The van der Waals surface area contributed by atoms with E-state index >= 15 is 0 Å². The molecule has 1 aromatic carbocycles. The lowest BCUT2D eigenvalue weighted by molar-refractivity contribution is 0.00578. The van der Waals surface area contributed by atoms with Crippen LogP contribution in [0.1, 0.15) is 41.5 Å². The lowest BCUT2D eigenvalue weighted by Gasteiger charge is -2.32. The molecule has 4 heteroatoms. The summed E-state index contributed by atoms with van der Waals surface area (Å²) < 4.78 is 58.4. The molecular weight excluding hydrogens is 234 g/mol. The van der Waals surface area contributed by atoms with Gasteiger partial charge in [-0.2, -0.15) is 0 Å². The molecule has 1 saturated heterocycles. The van der Waals surface area contributed by atoms with E-state index in [0.29, 0.717) is 0 Å². The Morgan fingerprint density at radius 3 is 2.35 bits per heavy atom. The van der Waals surface area contributed by atoms with Gasteiger partial charge in [-0.3, -0.25) is 0 Å². The van der Waals surface area contributed by atoms with E-state index in [1.165, 1.54) is 0 Å². The van der Waals surface area contributed by atoms with Crippen LogP contribution in [0.3, 0.4) is 0 Å². The zero-order valence-electron chi connectivity index (χ0n) is 16.3. The Kier molecular flexibility index (Phi) is 1.69. The predicted octanol–water partition coefficient (Wildman–Crippen LogP) is 2.95. The first kappa shape index (κ1) is 7.17. The fraction of sp³-hybridized carbons (Fsp3) is 0.538. The van der Waals surface area contributed by atoms with Gasteiger partial charge in [-0.1, -0.05) is 23.7 Å². The predicted molar refractivity (Wildman–Crippen MR) is 71.9 cm³/mol. The van der Waals surface area contributed by atoms with Crippen molar-refractivity contribution in [1.82, 2.24) is 0 Å². The van der Waals surface area contributed by atoms with Gasteiger partial charge in [-0.15, -0.1) is 0 Å². The van der Waals surface area contributed by atoms with E-state index < -0.39 is 47.8 Å². The van der Waals surface area contributed by atoms with Crippen molar-refractivity contribution < 1.29 is 17.5 Å². The molecule has 0 bridgehead atoms. The van der Waals surface area contributed by atoms with Gasteiger partial charge >= 0.3 is 7.12 Å². The van der Waals surface area contributed by atoms with E-state index in [9.17, 15) is 0 Å². The minimum atomic E-state index is -2.67. The van der Waals surface area contributed by atoms with Crippen molar-refractivity contribution in [2.24, 2.45) is 0 Å². The molecule has 0 atom stereocenters. The summed E-state index contributed by atoms with van der Waals surface area (Å²) in [5.74, 6) is 0. The summed E-state index contributed by atoms with van der Waals surface area (Å²) >= 11 is 5.91. The van der Waals surface area contributed by atoms with Crippen LogP contribution in [-0.2, 0) is 9.31 Å². The van der Waals surface area contributed by atoms with Crippen molar-refractivity contribution in [2.75, 3.05) is 0 Å². The molecule has 17 heavy (non-hydrogen) atoms. The molecule has 0 unspecified atom stereocenters. The molecule has 1 heterocycles. The van der Waals surface area contributed by atoms with Crippen LogP contribution >= 0.6 is 11.6 Å². The van der Waals surface area contributed by atoms with Crippen molar-refractivity contribution in [3.8, 4) is 0 Å². The summed E-state index contributed by atoms with van der Waals surface area (Å²) in [5.41, 5.74) is -1.95. The van der Waals surface area contributed by atoms with Crippen LogP contribution in [-0.4, -0.2) is 18.3 Å². The molecule has 1 aliphatic rings. The Hall–Kier alpha value is -0.505. The third-order valence-corrected chi connectivity index (χ3v) is 3.56. The first-order valence-corrected chi connectivity index (χ1v) is 5.74. The van der Waals surface area contributed by atoms with Gasteiger partial charge in [0, 0.05) is 9.13 Å².